The van der Waals surface area contributed by atoms with Crippen LogP contribution in [0.25, 0.3) is 0 Å². The molecule has 128 valence electrons. The van der Waals surface area contributed by atoms with Crippen LogP contribution in [0, 0.1) is 11.8 Å². The van der Waals surface area contributed by atoms with Gasteiger partial charge in [0.05, 0.1) is 5.69 Å². The van der Waals surface area contributed by atoms with Crippen LogP contribution in [0.3, 0.4) is 0 Å². The fraction of sp³-hybridized carbons (Fsp3) is 0.167. The molecule has 0 radical (unpaired) electrons. The van der Waals surface area contributed by atoms with Crippen LogP contribution in [0.4, 0.5) is 10.5 Å². The summed E-state index contributed by atoms with van der Waals surface area (Å²) in [5.41, 5.74) is 6.86. The fourth-order valence-corrected chi connectivity index (χ4v) is 1.89. The number of carbonyl (C=O) groups excluding carboxylic acids is 1. The Morgan fingerprint density at radius 2 is 2.04 bits per heavy atom. The van der Waals surface area contributed by atoms with Gasteiger partial charge in [0.2, 0.25) is 0 Å². The van der Waals surface area contributed by atoms with Gasteiger partial charge in [-0.05, 0) is 11.6 Å². The molecule has 0 atom stereocenters. The predicted octanol–water partition coefficient (Wildman–Crippen LogP) is 2.03. The van der Waals surface area contributed by atoms with Crippen LogP contribution in [0.2, 0.25) is 0 Å². The Bertz CT molecular complexity index is 810. The van der Waals surface area contributed by atoms with Crippen molar-refractivity contribution in [2.45, 2.75) is 13.0 Å². The van der Waals surface area contributed by atoms with Crippen molar-refractivity contribution in [3.63, 3.8) is 0 Å². The fourth-order valence-electron chi connectivity index (χ4n) is 1.89. The third-order valence-electron chi connectivity index (χ3n) is 3.08. The number of hydrogen-bond donors (Lipinski definition) is 3. The molecule has 7 nitrogen and oxygen atoms in total. The molecule has 4 N–H and O–H groups in total. The minimum Gasteiger partial charge on any atom is -0.476 e. The number of rotatable bonds is 5. The van der Waals surface area contributed by atoms with E-state index in [1.54, 1.807) is 0 Å². The van der Waals surface area contributed by atoms with Crippen LogP contribution in [-0.2, 0) is 11.3 Å². The summed E-state index contributed by atoms with van der Waals surface area (Å²) in [6, 6.07) is 10.8. The molecule has 0 saturated carbocycles. The highest BCUT2D eigenvalue weighted by Gasteiger charge is 2.09. The molecule has 1 aromatic heterocycles. The second-order valence-electron chi connectivity index (χ2n) is 5.01. The Hall–Kier alpha value is -3.53. The molecule has 0 bridgehead atoms. The zero-order chi connectivity index (χ0) is 18.1. The standard InChI is InChI=1S/C18H17N3O4/c19-15-10-14(11-21-16(15)17(22)23)8-4-5-9-20-18(24)25-12-13-6-2-1-3-7-13/h1-3,6-7,10-11H,5,9,12,19H2,(H,20,24)(H,22,23). The van der Waals surface area contributed by atoms with Gasteiger partial charge < -0.3 is 20.9 Å². The number of carboxylic acids is 1. The molecule has 25 heavy (non-hydrogen) atoms. The summed E-state index contributed by atoms with van der Waals surface area (Å²) in [7, 11) is 0. The van der Waals surface area contributed by atoms with Gasteiger partial charge in [-0.3, -0.25) is 0 Å². The monoisotopic (exact) mass is 339 g/mol. The van der Waals surface area contributed by atoms with Crippen molar-refractivity contribution < 1.29 is 19.4 Å². The highest BCUT2D eigenvalue weighted by molar-refractivity contribution is 5.91. The predicted molar refractivity (Wildman–Crippen MR) is 91.7 cm³/mol. The summed E-state index contributed by atoms with van der Waals surface area (Å²) in [6.45, 7) is 0.538. The number of nitrogens with zero attached hydrogens (tertiary/aromatic N) is 1. The Kier molecular flexibility index (Phi) is 6.37. The highest BCUT2D eigenvalue weighted by atomic mass is 16.5. The van der Waals surface area contributed by atoms with Crippen molar-refractivity contribution in [3.8, 4) is 11.8 Å². The van der Waals surface area contributed by atoms with Crippen LogP contribution in [0.5, 0.6) is 0 Å². The van der Waals surface area contributed by atoms with E-state index < -0.39 is 12.1 Å². The lowest BCUT2D eigenvalue weighted by Crippen LogP contribution is -2.24. The van der Waals surface area contributed by atoms with Gasteiger partial charge in [-0.1, -0.05) is 42.2 Å². The zero-order valence-corrected chi connectivity index (χ0v) is 13.4. The number of hydrogen-bond acceptors (Lipinski definition) is 5. The smallest absolute Gasteiger partial charge is 0.407 e. The largest absolute Gasteiger partial charge is 0.476 e. The number of aromatic carboxylic acids is 1. The maximum atomic E-state index is 11.5. The normalized spacial score (nSPS) is 9.60. The number of nitrogens with one attached hydrogen (secondary N) is 1. The van der Waals surface area contributed by atoms with Crippen molar-refractivity contribution in [1.29, 1.82) is 0 Å². The Morgan fingerprint density at radius 1 is 1.28 bits per heavy atom. The number of carboxylic acid groups (broad SMARTS) is 1. The molecular formula is C18H17N3O4. The van der Waals surface area contributed by atoms with E-state index in [1.165, 1.54) is 12.3 Å². The molecule has 0 fully saturated rings. The third kappa shape index (κ3) is 5.88. The number of pyridine rings is 1. The van der Waals surface area contributed by atoms with E-state index in [4.69, 9.17) is 15.6 Å². The number of benzene rings is 1. The summed E-state index contributed by atoms with van der Waals surface area (Å²) in [5.74, 6) is 4.46. The second kappa shape index (κ2) is 8.93. The molecule has 2 aromatic rings. The lowest BCUT2D eigenvalue weighted by Gasteiger charge is -2.05. The first-order chi connectivity index (χ1) is 12.1. The van der Waals surface area contributed by atoms with Crippen molar-refractivity contribution in [2.24, 2.45) is 0 Å². The average Bonchev–Trinajstić information content (AvgIpc) is 2.60. The molecule has 1 heterocycles. The van der Waals surface area contributed by atoms with Crippen LogP contribution < -0.4 is 11.1 Å². The molecule has 0 aliphatic rings. The van der Waals surface area contributed by atoms with Gasteiger partial charge in [0, 0.05) is 24.7 Å². The number of alkyl carbamates (subject to hydrolysis) is 1. The quantitative estimate of drug-likeness (QED) is 0.567. The Morgan fingerprint density at radius 3 is 2.72 bits per heavy atom. The molecule has 0 aliphatic heterocycles. The molecule has 1 amide bonds. The van der Waals surface area contributed by atoms with Gasteiger partial charge in [0.15, 0.2) is 5.69 Å². The maximum Gasteiger partial charge on any atom is 0.407 e. The zero-order valence-electron chi connectivity index (χ0n) is 13.4. The minimum absolute atomic E-state index is 0.0573. The van der Waals surface area contributed by atoms with Crippen molar-refractivity contribution in [1.82, 2.24) is 10.3 Å². The molecule has 0 aliphatic carbocycles. The first-order valence-electron chi connectivity index (χ1n) is 7.48. The lowest BCUT2D eigenvalue weighted by molar-refractivity contribution is 0.0691. The van der Waals surface area contributed by atoms with Crippen LogP contribution in [0.15, 0.2) is 42.6 Å². The van der Waals surface area contributed by atoms with Crippen molar-refractivity contribution >= 4 is 17.7 Å². The summed E-state index contributed by atoms with van der Waals surface area (Å²) in [6.07, 6.45) is 1.23. The number of ether oxygens (including phenoxy) is 1. The van der Waals surface area contributed by atoms with Gasteiger partial charge in [-0.2, -0.15) is 0 Å². The molecule has 0 unspecified atom stereocenters. The van der Waals surface area contributed by atoms with Crippen molar-refractivity contribution in [3.05, 3.63) is 59.4 Å². The van der Waals surface area contributed by atoms with Gasteiger partial charge in [-0.25, -0.2) is 14.6 Å². The molecule has 2 rings (SSSR count). The van der Waals surface area contributed by atoms with Crippen molar-refractivity contribution in [2.75, 3.05) is 12.3 Å². The van der Waals surface area contributed by atoms with E-state index in [2.05, 4.69) is 22.1 Å². The van der Waals surface area contributed by atoms with Crippen LogP contribution in [-0.4, -0.2) is 28.7 Å². The molecule has 7 heteroatoms. The molecule has 0 spiro atoms. The van der Waals surface area contributed by atoms with E-state index in [1.807, 2.05) is 30.3 Å². The van der Waals surface area contributed by atoms with E-state index in [-0.39, 0.29) is 18.0 Å². The highest BCUT2D eigenvalue weighted by Crippen LogP contribution is 2.10. The van der Waals surface area contributed by atoms with Crippen LogP contribution >= 0.6 is 0 Å². The van der Waals surface area contributed by atoms with Gasteiger partial charge in [0.25, 0.3) is 0 Å². The van der Waals surface area contributed by atoms with Gasteiger partial charge in [-0.15, -0.1) is 0 Å². The molecule has 0 saturated heterocycles. The topological polar surface area (TPSA) is 115 Å². The molecular weight excluding hydrogens is 322 g/mol. The SMILES string of the molecule is Nc1cc(C#CCCNC(=O)OCc2ccccc2)cnc1C(=O)O. The van der Waals surface area contributed by atoms with Gasteiger partial charge in [0.1, 0.15) is 6.61 Å². The van der Waals surface area contributed by atoms with E-state index in [0.29, 0.717) is 18.5 Å². The Labute approximate surface area is 144 Å². The average molecular weight is 339 g/mol. The summed E-state index contributed by atoms with van der Waals surface area (Å²) >= 11 is 0. The van der Waals surface area contributed by atoms with E-state index >= 15 is 0 Å². The first-order valence-corrected chi connectivity index (χ1v) is 7.48. The number of nitrogen functional groups attached to an aromatic ring is 1. The summed E-state index contributed by atoms with van der Waals surface area (Å²) < 4.78 is 5.06. The lowest BCUT2D eigenvalue weighted by atomic mass is 10.2. The van der Waals surface area contributed by atoms with Gasteiger partial charge >= 0.3 is 12.1 Å². The maximum absolute atomic E-state index is 11.5. The summed E-state index contributed by atoms with van der Waals surface area (Å²) in [4.78, 5) is 26.1. The number of aromatic nitrogens is 1. The number of amides is 1. The summed E-state index contributed by atoms with van der Waals surface area (Å²) in [5, 5.41) is 11.4. The minimum atomic E-state index is -1.18. The third-order valence-corrected chi connectivity index (χ3v) is 3.08. The second-order valence-corrected chi connectivity index (χ2v) is 5.01. The number of nitrogens with two attached hydrogens (primary N) is 1. The number of anilines is 1. The molecule has 1 aromatic carbocycles. The van der Waals surface area contributed by atoms with E-state index in [0.717, 1.165) is 5.56 Å². The number of carbonyl (C=O) groups is 2. The van der Waals surface area contributed by atoms with Crippen LogP contribution in [0.1, 0.15) is 28.0 Å². The Balaban J connectivity index is 1.72. The first kappa shape index (κ1) is 17.8. The van der Waals surface area contributed by atoms with E-state index in [9.17, 15) is 9.59 Å².